The Balaban J connectivity index is 1.51. The largest absolute Gasteiger partial charge is 0.380 e. The molecule has 2 aromatic rings. The number of rotatable bonds is 3. The van der Waals surface area contributed by atoms with E-state index in [4.69, 9.17) is 4.74 Å². The van der Waals surface area contributed by atoms with Gasteiger partial charge in [0.25, 0.3) is 0 Å². The molecule has 6 nitrogen and oxygen atoms in total. The van der Waals surface area contributed by atoms with Gasteiger partial charge in [-0.2, -0.15) is 0 Å². The van der Waals surface area contributed by atoms with E-state index in [0.29, 0.717) is 19.0 Å². The molecule has 1 aromatic carbocycles. The quantitative estimate of drug-likeness (QED) is 0.827. The molecule has 3 heterocycles. The summed E-state index contributed by atoms with van der Waals surface area (Å²) in [5, 5.41) is 0. The number of ether oxygens (including phenoxy) is 1. The third kappa shape index (κ3) is 2.11. The SMILES string of the molecule is CO[C@@H]1[C@@H]([C@@H]2c3ccccc3-c3cncn32)CCC12CN(S(C)(=O)=O)C2. The Hall–Kier alpha value is -1.70. The number of sulfonamides is 1. The fourth-order valence-corrected chi connectivity index (χ4v) is 6.47. The zero-order chi connectivity index (χ0) is 18.1. The van der Waals surface area contributed by atoms with E-state index < -0.39 is 10.0 Å². The van der Waals surface area contributed by atoms with Crippen LogP contribution in [-0.2, 0) is 14.8 Å². The van der Waals surface area contributed by atoms with Gasteiger partial charge in [-0.25, -0.2) is 17.7 Å². The van der Waals surface area contributed by atoms with Crippen molar-refractivity contribution in [2.75, 3.05) is 26.5 Å². The standard InChI is InChI=1S/C19H23N3O3S/c1-25-18-15(7-8-19(18)10-21(11-19)26(2,23)24)17-14-6-4-3-5-13(14)16-9-20-12-22(16)17/h3-6,9,12,15,17-18H,7-8,10-11H2,1-2H3/t15-,17+,18-/m1/s1. The summed E-state index contributed by atoms with van der Waals surface area (Å²) in [4.78, 5) is 4.36. The third-order valence-electron chi connectivity index (χ3n) is 6.60. The predicted molar refractivity (Wildman–Crippen MR) is 98.2 cm³/mol. The van der Waals surface area contributed by atoms with Crippen molar-refractivity contribution in [3.8, 4) is 11.3 Å². The van der Waals surface area contributed by atoms with Crippen molar-refractivity contribution in [3.05, 3.63) is 42.4 Å². The first-order chi connectivity index (χ1) is 12.4. The molecular weight excluding hydrogens is 350 g/mol. The Morgan fingerprint density at radius 3 is 2.77 bits per heavy atom. The second-order valence-electron chi connectivity index (χ2n) is 7.97. The summed E-state index contributed by atoms with van der Waals surface area (Å²) in [6, 6.07) is 8.73. The van der Waals surface area contributed by atoms with Gasteiger partial charge in [0.05, 0.1) is 36.6 Å². The zero-order valence-electron chi connectivity index (χ0n) is 15.0. The molecule has 0 amide bonds. The van der Waals surface area contributed by atoms with E-state index in [2.05, 4.69) is 33.8 Å². The summed E-state index contributed by atoms with van der Waals surface area (Å²) in [5.41, 5.74) is 3.68. The summed E-state index contributed by atoms with van der Waals surface area (Å²) in [5.74, 6) is 0.318. The van der Waals surface area contributed by atoms with Crippen molar-refractivity contribution in [1.29, 1.82) is 0 Å². The van der Waals surface area contributed by atoms with Crippen LogP contribution in [0.1, 0.15) is 24.4 Å². The summed E-state index contributed by atoms with van der Waals surface area (Å²) >= 11 is 0. The molecule has 0 bridgehead atoms. The van der Waals surface area contributed by atoms with Crippen LogP contribution in [-0.4, -0.2) is 54.8 Å². The Morgan fingerprint density at radius 2 is 2.04 bits per heavy atom. The zero-order valence-corrected chi connectivity index (χ0v) is 15.8. The first-order valence-corrected chi connectivity index (χ1v) is 10.9. The lowest BCUT2D eigenvalue weighted by molar-refractivity contribution is -0.0780. The maximum atomic E-state index is 11.9. The Kier molecular flexibility index (Phi) is 3.42. The van der Waals surface area contributed by atoms with Crippen LogP contribution < -0.4 is 0 Å². The molecule has 2 aliphatic heterocycles. The van der Waals surface area contributed by atoms with Gasteiger partial charge in [-0.15, -0.1) is 0 Å². The highest BCUT2D eigenvalue weighted by Gasteiger charge is 2.59. The smallest absolute Gasteiger partial charge is 0.211 e. The summed E-state index contributed by atoms with van der Waals surface area (Å²) in [7, 11) is -1.36. The minimum atomic E-state index is -3.12. The third-order valence-corrected chi connectivity index (χ3v) is 7.80. The highest BCUT2D eigenvalue weighted by atomic mass is 32.2. The van der Waals surface area contributed by atoms with E-state index in [1.165, 1.54) is 17.4 Å². The highest BCUT2D eigenvalue weighted by Crippen LogP contribution is 2.56. The molecule has 138 valence electrons. The van der Waals surface area contributed by atoms with Gasteiger partial charge in [-0.1, -0.05) is 24.3 Å². The molecule has 3 atom stereocenters. The maximum absolute atomic E-state index is 11.9. The van der Waals surface area contributed by atoms with Crippen molar-refractivity contribution >= 4 is 10.0 Å². The minimum absolute atomic E-state index is 0.0481. The number of hydrogen-bond acceptors (Lipinski definition) is 4. The number of hydrogen-bond donors (Lipinski definition) is 0. The number of aromatic nitrogens is 2. The van der Waals surface area contributed by atoms with E-state index in [0.717, 1.165) is 18.5 Å². The average molecular weight is 373 g/mol. The normalized spacial score (nSPS) is 29.5. The van der Waals surface area contributed by atoms with Crippen molar-refractivity contribution in [1.82, 2.24) is 13.9 Å². The van der Waals surface area contributed by atoms with Crippen molar-refractivity contribution in [2.24, 2.45) is 11.3 Å². The van der Waals surface area contributed by atoms with Crippen LogP contribution in [0.4, 0.5) is 0 Å². The Labute approximate surface area is 153 Å². The van der Waals surface area contributed by atoms with Crippen LogP contribution in [0, 0.1) is 11.3 Å². The molecule has 5 rings (SSSR count). The van der Waals surface area contributed by atoms with Crippen LogP contribution in [0.5, 0.6) is 0 Å². The molecule has 0 N–H and O–H groups in total. The van der Waals surface area contributed by atoms with Crippen molar-refractivity contribution in [2.45, 2.75) is 25.0 Å². The molecule has 1 saturated heterocycles. The first kappa shape index (κ1) is 16.5. The number of imidazole rings is 1. The predicted octanol–water partition coefficient (Wildman–Crippen LogP) is 2.14. The van der Waals surface area contributed by atoms with Crippen LogP contribution in [0.15, 0.2) is 36.8 Å². The van der Waals surface area contributed by atoms with Gasteiger partial charge in [-0.3, -0.25) is 0 Å². The van der Waals surface area contributed by atoms with E-state index >= 15 is 0 Å². The molecule has 26 heavy (non-hydrogen) atoms. The molecule has 2 fully saturated rings. The second-order valence-corrected chi connectivity index (χ2v) is 9.95. The average Bonchev–Trinajstić information content (AvgIpc) is 3.23. The fourth-order valence-electron chi connectivity index (χ4n) is 5.49. The number of fused-ring (bicyclic) bond motifs is 3. The number of benzene rings is 1. The summed E-state index contributed by atoms with van der Waals surface area (Å²) < 4.78 is 33.6. The van der Waals surface area contributed by atoms with Crippen LogP contribution in [0.2, 0.25) is 0 Å². The molecule has 7 heteroatoms. The van der Waals surface area contributed by atoms with Gasteiger partial charge in [-0.05, 0) is 18.4 Å². The van der Waals surface area contributed by atoms with Gasteiger partial charge in [0.2, 0.25) is 10.0 Å². The Bertz CT molecular complexity index is 962. The van der Waals surface area contributed by atoms with Crippen molar-refractivity contribution < 1.29 is 13.2 Å². The molecule has 1 spiro atoms. The fraction of sp³-hybridized carbons (Fsp3) is 0.526. The van der Waals surface area contributed by atoms with E-state index in [9.17, 15) is 8.42 Å². The highest BCUT2D eigenvalue weighted by molar-refractivity contribution is 7.88. The second kappa shape index (κ2) is 5.41. The molecule has 1 aliphatic carbocycles. The molecular formula is C19H23N3O3S. The van der Waals surface area contributed by atoms with Gasteiger partial charge < -0.3 is 9.30 Å². The molecule has 0 unspecified atom stereocenters. The van der Waals surface area contributed by atoms with E-state index in [-0.39, 0.29) is 17.6 Å². The monoisotopic (exact) mass is 373 g/mol. The molecule has 0 radical (unpaired) electrons. The lowest BCUT2D eigenvalue weighted by Gasteiger charge is -2.50. The van der Waals surface area contributed by atoms with Gasteiger partial charge in [0.15, 0.2) is 0 Å². The van der Waals surface area contributed by atoms with Gasteiger partial charge >= 0.3 is 0 Å². The minimum Gasteiger partial charge on any atom is -0.380 e. The molecule has 3 aliphatic rings. The topological polar surface area (TPSA) is 64.4 Å². The number of nitrogens with zero attached hydrogens (tertiary/aromatic N) is 3. The van der Waals surface area contributed by atoms with Crippen LogP contribution in [0.25, 0.3) is 11.3 Å². The Morgan fingerprint density at radius 1 is 1.27 bits per heavy atom. The van der Waals surface area contributed by atoms with Gasteiger partial charge in [0.1, 0.15) is 0 Å². The summed E-state index contributed by atoms with van der Waals surface area (Å²) in [6.07, 6.45) is 7.23. The van der Waals surface area contributed by atoms with E-state index in [1.54, 1.807) is 11.4 Å². The number of methoxy groups -OCH3 is 1. The molecule has 1 aromatic heterocycles. The first-order valence-electron chi connectivity index (χ1n) is 9.04. The summed E-state index contributed by atoms with van der Waals surface area (Å²) in [6.45, 7) is 1.15. The van der Waals surface area contributed by atoms with Crippen LogP contribution in [0.3, 0.4) is 0 Å². The molecule has 1 saturated carbocycles. The van der Waals surface area contributed by atoms with Gasteiger partial charge in [0, 0.05) is 37.1 Å². The van der Waals surface area contributed by atoms with E-state index in [1.807, 2.05) is 12.5 Å². The van der Waals surface area contributed by atoms with Crippen molar-refractivity contribution in [3.63, 3.8) is 0 Å². The lowest BCUT2D eigenvalue weighted by Crippen LogP contribution is -2.62. The van der Waals surface area contributed by atoms with Crippen LogP contribution >= 0.6 is 0 Å². The lowest BCUT2D eigenvalue weighted by atomic mass is 9.75. The maximum Gasteiger partial charge on any atom is 0.211 e.